The molecule has 0 aliphatic heterocycles. The Morgan fingerprint density at radius 3 is 2.70 bits per heavy atom. The second kappa shape index (κ2) is 5.92. The van der Waals surface area contributed by atoms with Gasteiger partial charge >= 0.3 is 12.0 Å². The van der Waals surface area contributed by atoms with Crippen LogP contribution in [0.3, 0.4) is 0 Å². The van der Waals surface area contributed by atoms with Crippen LogP contribution in [0.2, 0.25) is 0 Å². The number of nitrogens with zero attached hydrogens (tertiary/aromatic N) is 3. The topological polar surface area (TPSA) is 117 Å². The molecule has 2 aromatic rings. The molecule has 20 heavy (non-hydrogen) atoms. The molecular weight excluding hydrogens is 302 g/mol. The second-order valence-electron chi connectivity index (χ2n) is 3.82. The highest BCUT2D eigenvalue weighted by molar-refractivity contribution is 7.15. The molecule has 0 aliphatic carbocycles. The highest BCUT2D eigenvalue weighted by atomic mass is 32.1. The van der Waals surface area contributed by atoms with Gasteiger partial charge in [0.15, 0.2) is 5.69 Å². The molecule has 0 fully saturated rings. The van der Waals surface area contributed by atoms with Crippen molar-refractivity contribution in [3.8, 4) is 0 Å². The van der Waals surface area contributed by atoms with Crippen LogP contribution in [0.25, 0.3) is 0 Å². The zero-order valence-corrected chi connectivity index (χ0v) is 12.2. The number of hydrogen-bond donors (Lipinski definition) is 3. The van der Waals surface area contributed by atoms with Crippen molar-refractivity contribution in [1.82, 2.24) is 20.5 Å². The van der Waals surface area contributed by atoms with E-state index in [0.29, 0.717) is 10.1 Å². The monoisotopic (exact) mass is 313 g/mol. The van der Waals surface area contributed by atoms with Crippen LogP contribution in [0.15, 0.2) is 5.38 Å². The van der Waals surface area contributed by atoms with E-state index in [2.05, 4.69) is 25.8 Å². The molecular formula is C10H11N5O3S2. The molecule has 0 saturated carbocycles. The van der Waals surface area contributed by atoms with Gasteiger partial charge in [-0.25, -0.2) is 14.6 Å². The summed E-state index contributed by atoms with van der Waals surface area (Å²) in [5.74, 6) is -1.09. The van der Waals surface area contributed by atoms with Gasteiger partial charge in [0, 0.05) is 5.38 Å². The number of nitrogens with one attached hydrogen (secondary N) is 2. The molecule has 0 radical (unpaired) electrons. The van der Waals surface area contributed by atoms with E-state index in [1.165, 1.54) is 28.1 Å². The number of amides is 2. The average molecular weight is 313 g/mol. The number of aromatic carboxylic acids is 1. The molecule has 2 heterocycles. The van der Waals surface area contributed by atoms with Crippen LogP contribution < -0.4 is 10.6 Å². The summed E-state index contributed by atoms with van der Waals surface area (Å²) in [5, 5.41) is 24.6. The van der Waals surface area contributed by atoms with Gasteiger partial charge in [0.25, 0.3) is 0 Å². The third kappa shape index (κ3) is 3.48. The van der Waals surface area contributed by atoms with Crippen molar-refractivity contribution in [2.24, 2.45) is 0 Å². The predicted molar refractivity (Wildman–Crippen MR) is 74.3 cm³/mol. The highest BCUT2D eigenvalue weighted by Crippen LogP contribution is 2.18. The SMILES string of the molecule is Cc1nnc(NC(=O)NC(C)c2nc(C(=O)O)cs2)s1. The largest absolute Gasteiger partial charge is 0.476 e. The van der Waals surface area contributed by atoms with Gasteiger partial charge < -0.3 is 10.4 Å². The first-order valence-electron chi connectivity index (χ1n) is 5.52. The van der Waals surface area contributed by atoms with E-state index in [-0.39, 0.29) is 5.69 Å². The Kier molecular flexibility index (Phi) is 4.25. The fourth-order valence-corrected chi connectivity index (χ4v) is 2.71. The van der Waals surface area contributed by atoms with Gasteiger partial charge in [-0.05, 0) is 13.8 Å². The Bertz CT molecular complexity index is 638. The lowest BCUT2D eigenvalue weighted by atomic mass is 10.3. The van der Waals surface area contributed by atoms with Crippen molar-refractivity contribution in [3.63, 3.8) is 0 Å². The minimum atomic E-state index is -1.09. The zero-order valence-electron chi connectivity index (χ0n) is 10.6. The fraction of sp³-hybridized carbons (Fsp3) is 0.300. The van der Waals surface area contributed by atoms with E-state index in [4.69, 9.17) is 5.11 Å². The maximum atomic E-state index is 11.7. The quantitative estimate of drug-likeness (QED) is 0.793. The minimum Gasteiger partial charge on any atom is -0.476 e. The molecule has 0 aromatic carbocycles. The Labute approximate surface area is 121 Å². The van der Waals surface area contributed by atoms with E-state index < -0.39 is 18.0 Å². The standard InChI is InChI=1S/C10H11N5O3S2/c1-4(7-12-6(3-19-7)8(16)17)11-9(18)13-10-15-14-5(2)20-10/h3-4H,1-2H3,(H,16,17)(H2,11,13,15,18). The molecule has 0 saturated heterocycles. The van der Waals surface area contributed by atoms with E-state index in [1.807, 2.05) is 0 Å². The summed E-state index contributed by atoms with van der Waals surface area (Å²) in [6.07, 6.45) is 0. The molecule has 3 N–H and O–H groups in total. The van der Waals surface area contributed by atoms with Crippen LogP contribution >= 0.6 is 22.7 Å². The number of carbonyl (C=O) groups is 2. The number of carboxylic acids is 1. The summed E-state index contributed by atoms with van der Waals surface area (Å²) in [5.41, 5.74) is -0.0289. The van der Waals surface area contributed by atoms with Crippen LogP contribution in [-0.4, -0.2) is 32.3 Å². The first-order valence-corrected chi connectivity index (χ1v) is 7.21. The van der Waals surface area contributed by atoms with Crippen molar-refractivity contribution in [3.05, 3.63) is 21.1 Å². The van der Waals surface area contributed by atoms with Crippen molar-refractivity contribution >= 4 is 39.8 Å². The first kappa shape index (κ1) is 14.3. The maximum absolute atomic E-state index is 11.7. The normalized spacial score (nSPS) is 11.9. The van der Waals surface area contributed by atoms with Crippen LogP contribution in [0.1, 0.15) is 33.5 Å². The molecule has 2 aromatic heterocycles. The van der Waals surface area contributed by atoms with Gasteiger partial charge in [0.2, 0.25) is 5.13 Å². The molecule has 2 rings (SSSR count). The number of urea groups is 1. The third-order valence-electron chi connectivity index (χ3n) is 2.21. The molecule has 0 aliphatic rings. The minimum absolute atomic E-state index is 0.0289. The van der Waals surface area contributed by atoms with Crippen molar-refractivity contribution in [2.75, 3.05) is 5.32 Å². The summed E-state index contributed by atoms with van der Waals surface area (Å²) >= 11 is 2.44. The number of aryl methyl sites for hydroxylation is 1. The Balaban J connectivity index is 1.94. The Hall–Kier alpha value is -2.07. The first-order chi connectivity index (χ1) is 9.45. The van der Waals surface area contributed by atoms with Crippen LogP contribution in [0, 0.1) is 6.92 Å². The van der Waals surface area contributed by atoms with E-state index in [1.54, 1.807) is 13.8 Å². The molecule has 0 spiro atoms. The molecule has 106 valence electrons. The van der Waals surface area contributed by atoms with Gasteiger partial charge in [-0.1, -0.05) is 11.3 Å². The summed E-state index contributed by atoms with van der Waals surface area (Å²) in [7, 11) is 0. The van der Waals surface area contributed by atoms with E-state index in [9.17, 15) is 9.59 Å². The molecule has 2 amide bonds. The summed E-state index contributed by atoms with van der Waals surface area (Å²) < 4.78 is 0. The Morgan fingerprint density at radius 2 is 2.15 bits per heavy atom. The molecule has 10 heteroatoms. The zero-order chi connectivity index (χ0) is 14.7. The highest BCUT2D eigenvalue weighted by Gasteiger charge is 2.16. The maximum Gasteiger partial charge on any atom is 0.355 e. The number of carboxylic acid groups (broad SMARTS) is 1. The van der Waals surface area contributed by atoms with Crippen LogP contribution in [0.4, 0.5) is 9.93 Å². The fourth-order valence-electron chi connectivity index (χ4n) is 1.32. The summed E-state index contributed by atoms with van der Waals surface area (Å²) in [6.45, 7) is 3.50. The van der Waals surface area contributed by atoms with Gasteiger partial charge in [-0.3, -0.25) is 5.32 Å². The van der Waals surface area contributed by atoms with Gasteiger partial charge in [0.05, 0.1) is 6.04 Å². The number of anilines is 1. The number of hydrogen-bond acceptors (Lipinski definition) is 7. The van der Waals surface area contributed by atoms with E-state index in [0.717, 1.165) is 5.01 Å². The molecule has 0 bridgehead atoms. The third-order valence-corrected chi connectivity index (χ3v) is 3.99. The second-order valence-corrected chi connectivity index (χ2v) is 5.89. The molecule has 8 nitrogen and oxygen atoms in total. The van der Waals surface area contributed by atoms with Crippen LogP contribution in [0.5, 0.6) is 0 Å². The molecule has 1 unspecified atom stereocenters. The summed E-state index contributed by atoms with van der Waals surface area (Å²) in [4.78, 5) is 26.4. The number of carbonyl (C=O) groups excluding carboxylic acids is 1. The number of aromatic nitrogens is 3. The van der Waals surface area contributed by atoms with Gasteiger partial charge in [-0.2, -0.15) is 0 Å². The summed E-state index contributed by atoms with van der Waals surface area (Å²) in [6, 6.07) is -0.845. The predicted octanol–water partition coefficient (Wildman–Crippen LogP) is 1.88. The van der Waals surface area contributed by atoms with Gasteiger partial charge in [-0.15, -0.1) is 21.5 Å². The lowest BCUT2D eigenvalue weighted by molar-refractivity contribution is 0.0691. The number of rotatable bonds is 4. The van der Waals surface area contributed by atoms with E-state index >= 15 is 0 Å². The average Bonchev–Trinajstić information content (AvgIpc) is 2.98. The van der Waals surface area contributed by atoms with Crippen LogP contribution in [-0.2, 0) is 0 Å². The van der Waals surface area contributed by atoms with Gasteiger partial charge in [0.1, 0.15) is 10.0 Å². The lowest BCUT2D eigenvalue weighted by Gasteiger charge is -2.10. The smallest absolute Gasteiger partial charge is 0.355 e. The van der Waals surface area contributed by atoms with Crippen molar-refractivity contribution < 1.29 is 14.7 Å². The Morgan fingerprint density at radius 1 is 1.40 bits per heavy atom. The number of thiazole rings is 1. The van der Waals surface area contributed by atoms with Crippen molar-refractivity contribution in [2.45, 2.75) is 19.9 Å². The van der Waals surface area contributed by atoms with Crippen molar-refractivity contribution in [1.29, 1.82) is 0 Å². The molecule has 1 atom stereocenters. The lowest BCUT2D eigenvalue weighted by Crippen LogP contribution is -2.31.